The van der Waals surface area contributed by atoms with E-state index >= 15 is 0 Å². The predicted octanol–water partition coefficient (Wildman–Crippen LogP) is 3.67. The number of nitrogens with zero attached hydrogens (tertiary/aromatic N) is 3. The van der Waals surface area contributed by atoms with Crippen LogP contribution < -0.4 is 10.9 Å². The highest BCUT2D eigenvalue weighted by Gasteiger charge is 2.14. The molecule has 29 heavy (non-hydrogen) atoms. The molecule has 0 aliphatic carbocycles. The van der Waals surface area contributed by atoms with E-state index in [1.807, 2.05) is 18.2 Å². The molecule has 7 heteroatoms. The van der Waals surface area contributed by atoms with E-state index in [4.69, 9.17) is 11.6 Å². The van der Waals surface area contributed by atoms with Gasteiger partial charge in [-0.15, -0.1) is 0 Å². The second kappa shape index (κ2) is 8.24. The fourth-order valence-corrected chi connectivity index (χ4v) is 3.20. The number of rotatable bonds is 5. The Morgan fingerprint density at radius 3 is 2.48 bits per heavy atom. The monoisotopic (exact) mass is 404 g/mol. The maximum absolute atomic E-state index is 13.1. The van der Waals surface area contributed by atoms with Crippen LogP contribution >= 0.6 is 11.6 Å². The van der Waals surface area contributed by atoms with Crippen molar-refractivity contribution in [3.05, 3.63) is 99.8 Å². The first kappa shape index (κ1) is 18.8. The maximum atomic E-state index is 13.1. The lowest BCUT2D eigenvalue weighted by molar-refractivity contribution is -0.116. The van der Waals surface area contributed by atoms with Gasteiger partial charge in [0.2, 0.25) is 5.91 Å². The molecule has 2 aromatic heterocycles. The number of hydrogen-bond acceptors (Lipinski definition) is 4. The zero-order valence-corrected chi connectivity index (χ0v) is 16.1. The van der Waals surface area contributed by atoms with Gasteiger partial charge in [-0.25, -0.2) is 4.98 Å². The number of para-hydroxylation sites is 1. The number of anilines is 1. The number of nitrogens with one attached hydrogen (secondary N) is 1. The third-order valence-electron chi connectivity index (χ3n) is 4.48. The lowest BCUT2D eigenvalue weighted by atomic mass is 10.1. The maximum Gasteiger partial charge on any atom is 0.261 e. The molecule has 0 bridgehead atoms. The van der Waals surface area contributed by atoms with Crippen LogP contribution in [-0.4, -0.2) is 20.4 Å². The second-order valence-electron chi connectivity index (χ2n) is 6.52. The Hall–Kier alpha value is -3.51. The highest BCUT2D eigenvalue weighted by Crippen LogP contribution is 2.15. The Kier molecular flexibility index (Phi) is 5.35. The molecule has 0 radical (unpaired) electrons. The first-order valence-electron chi connectivity index (χ1n) is 9.03. The molecule has 4 rings (SSSR count). The van der Waals surface area contributed by atoms with Gasteiger partial charge in [0.1, 0.15) is 12.4 Å². The van der Waals surface area contributed by atoms with Crippen LogP contribution in [-0.2, 0) is 17.8 Å². The Labute approximate surface area is 171 Å². The summed E-state index contributed by atoms with van der Waals surface area (Å²) < 4.78 is 1.42. The summed E-state index contributed by atoms with van der Waals surface area (Å²) in [7, 11) is 0. The molecule has 1 amide bonds. The van der Waals surface area contributed by atoms with Crippen LogP contribution in [0.4, 0.5) is 5.69 Å². The first-order chi connectivity index (χ1) is 14.1. The number of halogens is 1. The van der Waals surface area contributed by atoms with Crippen molar-refractivity contribution in [2.75, 3.05) is 5.32 Å². The summed E-state index contributed by atoms with van der Waals surface area (Å²) in [6.45, 7) is -0.137. The molecule has 0 saturated heterocycles. The highest BCUT2D eigenvalue weighted by atomic mass is 35.5. The Morgan fingerprint density at radius 2 is 1.72 bits per heavy atom. The number of fused-ring (bicyclic) bond motifs is 1. The van der Waals surface area contributed by atoms with E-state index in [-0.39, 0.29) is 18.0 Å². The summed E-state index contributed by atoms with van der Waals surface area (Å²) >= 11 is 5.97. The van der Waals surface area contributed by atoms with E-state index in [9.17, 15) is 9.59 Å². The Morgan fingerprint density at radius 1 is 1.00 bits per heavy atom. The van der Waals surface area contributed by atoms with Crippen LogP contribution in [0.15, 0.2) is 77.9 Å². The van der Waals surface area contributed by atoms with Gasteiger partial charge in [0.25, 0.3) is 5.56 Å². The van der Waals surface area contributed by atoms with Crippen molar-refractivity contribution in [1.29, 1.82) is 0 Å². The van der Waals surface area contributed by atoms with Crippen molar-refractivity contribution in [3.8, 4) is 0 Å². The van der Waals surface area contributed by atoms with Crippen molar-refractivity contribution < 1.29 is 4.79 Å². The smallest absolute Gasteiger partial charge is 0.261 e. The van der Waals surface area contributed by atoms with Gasteiger partial charge in [-0.05, 0) is 42.0 Å². The van der Waals surface area contributed by atoms with Crippen LogP contribution in [0, 0.1) is 0 Å². The fraction of sp³-hybridized carbons (Fsp3) is 0.0909. The molecule has 6 nitrogen and oxygen atoms in total. The molecule has 4 aromatic rings. The molecule has 2 aromatic carbocycles. The zero-order valence-electron chi connectivity index (χ0n) is 15.4. The largest absolute Gasteiger partial charge is 0.324 e. The lowest BCUT2D eigenvalue weighted by Gasteiger charge is -2.14. The number of aromatic nitrogens is 3. The van der Waals surface area contributed by atoms with E-state index in [0.717, 1.165) is 5.56 Å². The Balaban J connectivity index is 1.71. The van der Waals surface area contributed by atoms with E-state index in [0.29, 0.717) is 33.9 Å². The second-order valence-corrected chi connectivity index (χ2v) is 6.96. The minimum Gasteiger partial charge on any atom is -0.324 e. The topological polar surface area (TPSA) is 76.9 Å². The number of carbonyl (C=O) groups excluding carboxylic acids is 1. The minimum atomic E-state index is -0.312. The fourth-order valence-electron chi connectivity index (χ4n) is 3.08. The van der Waals surface area contributed by atoms with Gasteiger partial charge < -0.3 is 5.32 Å². The van der Waals surface area contributed by atoms with Gasteiger partial charge in [-0.3, -0.25) is 19.1 Å². The van der Waals surface area contributed by atoms with Crippen molar-refractivity contribution in [3.63, 3.8) is 0 Å². The summed E-state index contributed by atoms with van der Waals surface area (Å²) in [5.41, 5.74) is 1.92. The number of hydrogen-bond donors (Lipinski definition) is 1. The highest BCUT2D eigenvalue weighted by molar-refractivity contribution is 6.30. The van der Waals surface area contributed by atoms with Gasteiger partial charge in [-0.2, -0.15) is 0 Å². The molecule has 0 aliphatic heterocycles. The number of benzene rings is 2. The first-order valence-corrected chi connectivity index (χ1v) is 9.41. The van der Waals surface area contributed by atoms with E-state index in [1.54, 1.807) is 54.9 Å². The average Bonchev–Trinajstić information content (AvgIpc) is 2.73. The number of pyridine rings is 1. The van der Waals surface area contributed by atoms with Crippen LogP contribution in [0.5, 0.6) is 0 Å². The molecule has 0 atom stereocenters. The van der Waals surface area contributed by atoms with Gasteiger partial charge in [0, 0.05) is 29.5 Å². The van der Waals surface area contributed by atoms with Crippen molar-refractivity contribution in [2.24, 2.45) is 0 Å². The standard InChI is InChI=1S/C22H17ClN4O2/c23-16-7-5-15(6-8-16)13-20-26-19-4-2-1-3-18(19)22(29)27(20)14-21(28)25-17-9-11-24-12-10-17/h1-12H,13-14H2,(H,24,25,28). The lowest BCUT2D eigenvalue weighted by Crippen LogP contribution is -2.31. The van der Waals surface area contributed by atoms with Crippen molar-refractivity contribution in [2.45, 2.75) is 13.0 Å². The summed E-state index contributed by atoms with van der Waals surface area (Å²) in [4.78, 5) is 34.3. The van der Waals surface area contributed by atoms with E-state index in [1.165, 1.54) is 4.57 Å². The molecule has 0 aliphatic rings. The van der Waals surface area contributed by atoms with Crippen LogP contribution in [0.1, 0.15) is 11.4 Å². The Bertz CT molecular complexity index is 1220. The SMILES string of the molecule is O=C(Cn1c(Cc2ccc(Cl)cc2)nc2ccccc2c1=O)Nc1ccncc1. The molecule has 144 valence electrons. The number of carbonyl (C=O) groups is 1. The van der Waals surface area contributed by atoms with E-state index < -0.39 is 0 Å². The zero-order chi connectivity index (χ0) is 20.2. The van der Waals surface area contributed by atoms with E-state index in [2.05, 4.69) is 15.3 Å². The molecule has 0 spiro atoms. The van der Waals surface area contributed by atoms with Crippen molar-refractivity contribution >= 4 is 34.1 Å². The quantitative estimate of drug-likeness (QED) is 0.550. The van der Waals surface area contributed by atoms with Gasteiger partial charge >= 0.3 is 0 Å². The predicted molar refractivity (Wildman–Crippen MR) is 113 cm³/mol. The van der Waals surface area contributed by atoms with Gasteiger partial charge in [0.05, 0.1) is 10.9 Å². The summed E-state index contributed by atoms with van der Waals surface area (Å²) in [6, 6.07) is 17.8. The average molecular weight is 405 g/mol. The summed E-state index contributed by atoms with van der Waals surface area (Å²) in [5, 5.41) is 3.89. The third-order valence-corrected chi connectivity index (χ3v) is 4.73. The molecule has 2 heterocycles. The third kappa shape index (κ3) is 4.33. The van der Waals surface area contributed by atoms with Crippen LogP contribution in [0.25, 0.3) is 10.9 Å². The van der Waals surface area contributed by atoms with Gasteiger partial charge in [0.15, 0.2) is 0 Å². The summed E-state index contributed by atoms with van der Waals surface area (Å²) in [5.74, 6) is 0.202. The van der Waals surface area contributed by atoms with Gasteiger partial charge in [-0.1, -0.05) is 35.9 Å². The number of amides is 1. The molecule has 0 fully saturated rings. The van der Waals surface area contributed by atoms with Crippen LogP contribution in [0.2, 0.25) is 5.02 Å². The van der Waals surface area contributed by atoms with Crippen LogP contribution in [0.3, 0.4) is 0 Å². The van der Waals surface area contributed by atoms with Crippen molar-refractivity contribution in [1.82, 2.24) is 14.5 Å². The molecular formula is C22H17ClN4O2. The normalized spacial score (nSPS) is 10.8. The molecule has 1 N–H and O–H groups in total. The molecule has 0 unspecified atom stereocenters. The minimum absolute atomic E-state index is 0.137. The molecule has 0 saturated carbocycles. The summed E-state index contributed by atoms with van der Waals surface area (Å²) in [6.07, 6.45) is 3.58. The molecular weight excluding hydrogens is 388 g/mol.